The van der Waals surface area contributed by atoms with Crippen LogP contribution in [0.15, 0.2) is 48.2 Å². The topological polar surface area (TPSA) is 97.1 Å². The number of fused-ring (bicyclic) bond motifs is 4. The molecule has 9 heteroatoms. The van der Waals surface area contributed by atoms with Crippen LogP contribution in [0.4, 0.5) is 5.69 Å². The molecule has 0 amide bonds. The third-order valence-corrected chi connectivity index (χ3v) is 4.94. The van der Waals surface area contributed by atoms with Gasteiger partial charge in [-0.1, -0.05) is 23.7 Å². The quantitative estimate of drug-likeness (QED) is 0.319. The van der Waals surface area contributed by atoms with Gasteiger partial charge < -0.3 is 14.2 Å². The first-order chi connectivity index (χ1) is 12.8. The molecule has 0 fully saturated rings. The summed E-state index contributed by atoms with van der Waals surface area (Å²) in [5.41, 5.74) is 0.251. The predicted octanol–water partition coefficient (Wildman–Crippen LogP) is 3.52. The molecule has 3 aliphatic rings. The predicted molar refractivity (Wildman–Crippen MR) is 90.1 cm³/mol. The number of nitro benzene ring substituents is 1. The van der Waals surface area contributed by atoms with E-state index in [0.717, 1.165) is 0 Å². The number of hydrogen-bond donors (Lipinski definition) is 0. The third-order valence-electron chi connectivity index (χ3n) is 4.72. The highest BCUT2D eigenvalue weighted by Crippen LogP contribution is 2.58. The maximum absolute atomic E-state index is 12.5. The minimum absolute atomic E-state index is 0.0476. The Labute approximate surface area is 157 Å². The number of benzene rings is 2. The molecule has 1 spiro atoms. The molecule has 2 aromatic carbocycles. The van der Waals surface area contributed by atoms with Gasteiger partial charge in [0.15, 0.2) is 0 Å². The van der Waals surface area contributed by atoms with Gasteiger partial charge in [0.2, 0.25) is 11.5 Å². The van der Waals surface area contributed by atoms with Crippen LogP contribution in [0.1, 0.15) is 18.1 Å². The van der Waals surface area contributed by atoms with E-state index in [1.54, 1.807) is 31.2 Å². The minimum Gasteiger partial charge on any atom is -0.465 e. The number of carbonyl (C=O) groups excluding carboxylic acids is 1. The molecule has 0 N–H and O–H groups in total. The van der Waals surface area contributed by atoms with Gasteiger partial charge >= 0.3 is 11.7 Å². The van der Waals surface area contributed by atoms with Crippen LogP contribution in [0.3, 0.4) is 0 Å². The van der Waals surface area contributed by atoms with E-state index < -0.39 is 22.5 Å². The maximum Gasteiger partial charge on any atom is 0.349 e. The Morgan fingerprint density at radius 2 is 1.96 bits per heavy atom. The van der Waals surface area contributed by atoms with E-state index in [1.165, 1.54) is 18.4 Å². The minimum atomic E-state index is -1.73. The molecule has 0 saturated heterocycles. The summed E-state index contributed by atoms with van der Waals surface area (Å²) < 4.78 is 23.1. The van der Waals surface area contributed by atoms with Gasteiger partial charge in [-0.25, -0.2) is 4.79 Å². The standard InChI is InChI=1S/C18H10ClNO7/c1-17-11-6-9(19)7-13(20(22)23)15(11)26-18(27-17)10-4-2-3-5-14(10)25-16(21)12(18)8-24-17/h2-8H,1H3. The number of ether oxygens (including phenoxy) is 4. The summed E-state index contributed by atoms with van der Waals surface area (Å²) in [6.45, 7) is 1.58. The Bertz CT molecular complexity index is 1080. The van der Waals surface area contributed by atoms with Gasteiger partial charge in [0.1, 0.15) is 17.6 Å². The lowest BCUT2D eigenvalue weighted by Crippen LogP contribution is -2.56. The first-order valence-electron chi connectivity index (χ1n) is 7.92. The molecule has 2 atom stereocenters. The van der Waals surface area contributed by atoms with E-state index >= 15 is 0 Å². The number of carbonyl (C=O) groups is 1. The Morgan fingerprint density at radius 1 is 1.19 bits per heavy atom. The van der Waals surface area contributed by atoms with Crippen molar-refractivity contribution in [2.45, 2.75) is 18.5 Å². The van der Waals surface area contributed by atoms with Crippen molar-refractivity contribution < 1.29 is 28.7 Å². The number of halogens is 1. The van der Waals surface area contributed by atoms with Gasteiger partial charge in [0.25, 0.3) is 5.79 Å². The number of esters is 1. The molecule has 0 saturated carbocycles. The van der Waals surface area contributed by atoms with Crippen LogP contribution in [0.2, 0.25) is 5.02 Å². The lowest BCUT2D eigenvalue weighted by molar-refractivity contribution is -0.393. The Morgan fingerprint density at radius 3 is 2.74 bits per heavy atom. The zero-order valence-corrected chi connectivity index (χ0v) is 14.5. The van der Waals surface area contributed by atoms with Gasteiger partial charge in [-0.3, -0.25) is 14.9 Å². The Kier molecular flexibility index (Phi) is 2.98. The average molecular weight is 388 g/mol. The highest BCUT2D eigenvalue weighted by Gasteiger charge is 2.62. The lowest BCUT2D eigenvalue weighted by Gasteiger charge is -2.50. The molecular formula is C18H10ClNO7. The molecule has 0 radical (unpaired) electrons. The third kappa shape index (κ3) is 1.99. The molecular weight excluding hydrogens is 378 g/mol. The van der Waals surface area contributed by atoms with Crippen LogP contribution in [0, 0.1) is 10.1 Å². The molecule has 3 heterocycles. The fraction of sp³-hybridized carbons (Fsp3) is 0.167. The van der Waals surface area contributed by atoms with Crippen LogP contribution >= 0.6 is 11.6 Å². The van der Waals surface area contributed by atoms with Gasteiger partial charge in [0, 0.05) is 18.0 Å². The van der Waals surface area contributed by atoms with E-state index in [4.69, 9.17) is 30.5 Å². The number of nitrogens with zero attached hydrogens (tertiary/aromatic N) is 1. The lowest BCUT2D eigenvalue weighted by atomic mass is 9.89. The van der Waals surface area contributed by atoms with Crippen LogP contribution in [-0.2, 0) is 25.8 Å². The van der Waals surface area contributed by atoms with Crippen molar-refractivity contribution >= 4 is 23.3 Å². The van der Waals surface area contributed by atoms with Gasteiger partial charge in [0.05, 0.1) is 16.1 Å². The molecule has 2 unspecified atom stereocenters. The molecule has 2 aromatic rings. The number of rotatable bonds is 1. The van der Waals surface area contributed by atoms with E-state index in [2.05, 4.69) is 0 Å². The van der Waals surface area contributed by atoms with E-state index in [-0.39, 0.29) is 33.3 Å². The summed E-state index contributed by atoms with van der Waals surface area (Å²) in [5.74, 6) is -3.75. The molecule has 8 nitrogen and oxygen atoms in total. The monoisotopic (exact) mass is 387 g/mol. The smallest absolute Gasteiger partial charge is 0.349 e. The molecule has 0 aliphatic carbocycles. The van der Waals surface area contributed by atoms with Crippen molar-refractivity contribution in [1.29, 1.82) is 0 Å². The summed E-state index contributed by atoms with van der Waals surface area (Å²) >= 11 is 6.04. The fourth-order valence-corrected chi connectivity index (χ4v) is 3.73. The summed E-state index contributed by atoms with van der Waals surface area (Å²) in [6.07, 6.45) is 1.21. The maximum atomic E-state index is 12.5. The van der Waals surface area contributed by atoms with Crippen LogP contribution in [0.5, 0.6) is 11.5 Å². The molecule has 136 valence electrons. The van der Waals surface area contributed by atoms with Crippen molar-refractivity contribution in [3.63, 3.8) is 0 Å². The second-order valence-electron chi connectivity index (χ2n) is 6.36. The largest absolute Gasteiger partial charge is 0.465 e. The fourth-order valence-electron chi connectivity index (χ4n) is 3.52. The summed E-state index contributed by atoms with van der Waals surface area (Å²) in [7, 11) is 0. The average Bonchev–Trinajstić information content (AvgIpc) is 2.62. The zero-order chi connectivity index (χ0) is 19.0. The summed E-state index contributed by atoms with van der Waals surface area (Å²) in [6, 6.07) is 9.31. The molecule has 3 aliphatic heterocycles. The second kappa shape index (κ2) is 4.99. The Hall–Kier alpha value is -3.10. The summed E-state index contributed by atoms with van der Waals surface area (Å²) in [4.78, 5) is 23.5. The van der Waals surface area contributed by atoms with Crippen LogP contribution < -0.4 is 9.47 Å². The van der Waals surface area contributed by atoms with Gasteiger partial charge in [-0.2, -0.15) is 0 Å². The second-order valence-corrected chi connectivity index (χ2v) is 6.80. The summed E-state index contributed by atoms with van der Waals surface area (Å²) in [5, 5.41) is 11.7. The highest BCUT2D eigenvalue weighted by molar-refractivity contribution is 6.31. The SMILES string of the molecule is CC12OC=C3C(=O)Oc4ccccc4C3(Oc3c([N+](=O)[O-])cc(Cl)cc31)O2. The molecule has 2 bridgehead atoms. The number of hydrogen-bond acceptors (Lipinski definition) is 7. The van der Waals surface area contributed by atoms with Crippen molar-refractivity contribution in [1.82, 2.24) is 0 Å². The van der Waals surface area contributed by atoms with Crippen molar-refractivity contribution in [2.75, 3.05) is 0 Å². The van der Waals surface area contributed by atoms with Gasteiger partial charge in [-0.15, -0.1) is 0 Å². The molecule has 0 aromatic heterocycles. The number of para-hydroxylation sites is 1. The first kappa shape index (κ1) is 16.1. The van der Waals surface area contributed by atoms with Gasteiger partial charge in [-0.05, 0) is 18.2 Å². The normalized spacial score (nSPS) is 27.0. The van der Waals surface area contributed by atoms with E-state index in [0.29, 0.717) is 5.56 Å². The van der Waals surface area contributed by atoms with Crippen LogP contribution in [-0.4, -0.2) is 10.9 Å². The molecule has 5 rings (SSSR count). The zero-order valence-electron chi connectivity index (χ0n) is 13.7. The van der Waals surface area contributed by atoms with Crippen LogP contribution in [0.25, 0.3) is 0 Å². The highest BCUT2D eigenvalue weighted by atomic mass is 35.5. The number of nitro groups is 1. The van der Waals surface area contributed by atoms with E-state index in [9.17, 15) is 14.9 Å². The van der Waals surface area contributed by atoms with Crippen molar-refractivity contribution in [3.8, 4) is 11.5 Å². The van der Waals surface area contributed by atoms with Crippen molar-refractivity contribution in [3.05, 3.63) is 74.5 Å². The first-order valence-corrected chi connectivity index (χ1v) is 8.30. The van der Waals surface area contributed by atoms with Crippen molar-refractivity contribution in [2.24, 2.45) is 0 Å². The van der Waals surface area contributed by atoms with E-state index in [1.807, 2.05) is 0 Å². The Balaban J connectivity index is 1.84. The molecule has 27 heavy (non-hydrogen) atoms.